The van der Waals surface area contributed by atoms with Crippen LogP contribution in [0, 0.1) is 11.8 Å². The Morgan fingerprint density at radius 2 is 2.26 bits per heavy atom. The van der Waals surface area contributed by atoms with E-state index in [0.717, 1.165) is 0 Å². The van der Waals surface area contributed by atoms with Crippen LogP contribution in [0.3, 0.4) is 0 Å². The van der Waals surface area contributed by atoms with E-state index in [2.05, 4.69) is 22.2 Å². The second-order valence-electron chi connectivity index (χ2n) is 3.81. The van der Waals surface area contributed by atoms with Crippen molar-refractivity contribution < 1.29 is 14.3 Å². The van der Waals surface area contributed by atoms with Crippen molar-refractivity contribution in [1.29, 1.82) is 0 Å². The normalized spacial score (nSPS) is 11.7. The third kappa shape index (κ3) is 7.31. The molecule has 1 atom stereocenters. The molecule has 1 rings (SSSR count). The Hall–Kier alpha value is -1.75. The van der Waals surface area contributed by atoms with Gasteiger partial charge < -0.3 is 15.2 Å². The number of ether oxygens (including phenoxy) is 2. The third-order valence-corrected chi connectivity index (χ3v) is 2.10. The van der Waals surface area contributed by atoms with Crippen LogP contribution >= 0.6 is 0 Å². The zero-order valence-electron chi connectivity index (χ0n) is 10.9. The monoisotopic (exact) mass is 266 g/mol. The maximum absolute atomic E-state index is 11.0. The van der Waals surface area contributed by atoms with E-state index in [-0.39, 0.29) is 25.0 Å². The molecule has 0 radical (unpaired) electrons. The highest BCUT2D eigenvalue weighted by atomic mass is 16.5. The molecule has 0 aliphatic carbocycles. The Balaban J connectivity index is 1.99. The molecule has 0 aliphatic rings. The summed E-state index contributed by atoms with van der Waals surface area (Å²) in [6, 6.07) is -0.266. The predicted molar refractivity (Wildman–Crippen MR) is 68.1 cm³/mol. The summed E-state index contributed by atoms with van der Waals surface area (Å²) < 4.78 is 12.2. The average molecular weight is 266 g/mol. The van der Waals surface area contributed by atoms with E-state index >= 15 is 0 Å². The molecule has 0 aliphatic heterocycles. The summed E-state index contributed by atoms with van der Waals surface area (Å²) in [5.74, 6) is 4.65. The maximum atomic E-state index is 11.0. The number of rotatable bonds is 9. The van der Waals surface area contributed by atoms with Gasteiger partial charge in [-0.2, -0.15) is 0 Å². The summed E-state index contributed by atoms with van der Waals surface area (Å²) in [6.07, 6.45) is 3.36. The summed E-state index contributed by atoms with van der Waals surface area (Å²) in [7, 11) is 0. The molecule has 7 nitrogen and oxygen atoms in total. The molecule has 0 spiro atoms. The van der Waals surface area contributed by atoms with Gasteiger partial charge in [-0.1, -0.05) is 11.1 Å². The zero-order chi connectivity index (χ0) is 13.9. The Morgan fingerprint density at radius 1 is 1.47 bits per heavy atom. The van der Waals surface area contributed by atoms with Crippen molar-refractivity contribution in [2.45, 2.75) is 19.5 Å². The lowest BCUT2D eigenvalue weighted by molar-refractivity contribution is -0.118. The molecule has 19 heavy (non-hydrogen) atoms. The molecule has 1 unspecified atom stereocenters. The zero-order valence-corrected chi connectivity index (χ0v) is 10.9. The van der Waals surface area contributed by atoms with Gasteiger partial charge >= 0.3 is 0 Å². The first-order valence-corrected chi connectivity index (χ1v) is 5.93. The van der Waals surface area contributed by atoms with Crippen molar-refractivity contribution in [2.24, 2.45) is 5.73 Å². The minimum atomic E-state index is -0.266. The van der Waals surface area contributed by atoms with E-state index < -0.39 is 0 Å². The molecule has 0 fully saturated rings. The van der Waals surface area contributed by atoms with Crippen LogP contribution in [0.4, 0.5) is 0 Å². The molecular formula is C12H18N4O3. The average Bonchev–Trinajstić information content (AvgIpc) is 2.88. The van der Waals surface area contributed by atoms with Gasteiger partial charge in [-0.05, 0) is 12.8 Å². The number of hydrogen-bond donors (Lipinski definition) is 1. The van der Waals surface area contributed by atoms with Gasteiger partial charge in [-0.3, -0.25) is 9.48 Å². The van der Waals surface area contributed by atoms with E-state index in [1.165, 1.54) is 0 Å². The van der Waals surface area contributed by atoms with Gasteiger partial charge in [0.05, 0.1) is 38.6 Å². The summed E-state index contributed by atoms with van der Waals surface area (Å²) in [5, 5.41) is 7.48. The topological polar surface area (TPSA) is 92.3 Å². The molecule has 1 aromatic rings. The van der Waals surface area contributed by atoms with Crippen LogP contribution in [0.5, 0.6) is 0 Å². The lowest BCUT2D eigenvalue weighted by Gasteiger charge is -2.11. The van der Waals surface area contributed by atoms with E-state index in [9.17, 15) is 4.79 Å². The number of Topliss-reactive ketones (excluding diaryl/α,β-unsaturated/α-hetero) is 1. The van der Waals surface area contributed by atoms with Gasteiger partial charge in [0, 0.05) is 6.20 Å². The highest BCUT2D eigenvalue weighted by Gasteiger charge is 2.04. The Labute approximate surface area is 112 Å². The Morgan fingerprint density at radius 3 is 2.95 bits per heavy atom. The standard InChI is InChI=1S/C12H18N4O3/c1-2-3-12(17)10-19-9-11(13)8-18-7-6-16-5-4-14-15-16/h4-5,11H,6-10,13H2,1H3. The summed E-state index contributed by atoms with van der Waals surface area (Å²) in [6.45, 7) is 3.32. The van der Waals surface area contributed by atoms with Crippen molar-refractivity contribution in [2.75, 3.05) is 26.4 Å². The second-order valence-corrected chi connectivity index (χ2v) is 3.81. The van der Waals surface area contributed by atoms with E-state index in [4.69, 9.17) is 15.2 Å². The van der Waals surface area contributed by atoms with Gasteiger partial charge in [0.25, 0.3) is 0 Å². The highest BCUT2D eigenvalue weighted by molar-refractivity contribution is 5.96. The number of hydrogen-bond acceptors (Lipinski definition) is 6. The first-order chi connectivity index (χ1) is 9.22. The first kappa shape index (κ1) is 15.3. The third-order valence-electron chi connectivity index (χ3n) is 2.10. The quantitative estimate of drug-likeness (QED) is 0.358. The fourth-order valence-electron chi connectivity index (χ4n) is 1.27. The van der Waals surface area contributed by atoms with Crippen LogP contribution in [-0.4, -0.2) is 53.2 Å². The number of carbonyl (C=O) groups excluding carboxylic acids is 1. The molecule has 0 aromatic carbocycles. The van der Waals surface area contributed by atoms with Crippen LogP contribution in [0.1, 0.15) is 6.92 Å². The maximum Gasteiger partial charge on any atom is 0.231 e. The molecule has 1 aromatic heterocycles. The molecule has 104 valence electrons. The molecule has 0 bridgehead atoms. The second kappa shape index (κ2) is 9.22. The Kier molecular flexibility index (Phi) is 7.43. The lowest BCUT2D eigenvalue weighted by atomic mass is 10.3. The van der Waals surface area contributed by atoms with E-state index in [1.807, 2.05) is 0 Å². The van der Waals surface area contributed by atoms with Crippen molar-refractivity contribution in [3.05, 3.63) is 12.4 Å². The SMILES string of the molecule is CC#CC(=O)COCC(N)COCCn1ccnn1. The fourth-order valence-corrected chi connectivity index (χ4v) is 1.27. The molecular weight excluding hydrogens is 248 g/mol. The van der Waals surface area contributed by atoms with Gasteiger partial charge in [0.1, 0.15) is 6.61 Å². The molecule has 0 saturated carbocycles. The van der Waals surface area contributed by atoms with E-state index in [0.29, 0.717) is 19.8 Å². The smallest absolute Gasteiger partial charge is 0.231 e. The minimum Gasteiger partial charge on any atom is -0.378 e. The fraction of sp³-hybridized carbons (Fsp3) is 0.583. The van der Waals surface area contributed by atoms with Crippen LogP contribution in [-0.2, 0) is 20.8 Å². The highest BCUT2D eigenvalue weighted by Crippen LogP contribution is 1.88. The summed E-state index contributed by atoms with van der Waals surface area (Å²) >= 11 is 0. The van der Waals surface area contributed by atoms with Gasteiger partial charge in [0.2, 0.25) is 5.78 Å². The lowest BCUT2D eigenvalue weighted by Crippen LogP contribution is -2.32. The minimum absolute atomic E-state index is 0.0342. The van der Waals surface area contributed by atoms with Crippen molar-refractivity contribution in [3.63, 3.8) is 0 Å². The molecule has 0 saturated heterocycles. The predicted octanol–water partition coefficient (Wildman–Crippen LogP) is -0.769. The summed E-state index contributed by atoms with van der Waals surface area (Å²) in [4.78, 5) is 11.0. The first-order valence-electron chi connectivity index (χ1n) is 5.93. The van der Waals surface area contributed by atoms with Crippen LogP contribution in [0.2, 0.25) is 0 Å². The van der Waals surface area contributed by atoms with E-state index in [1.54, 1.807) is 24.0 Å². The number of nitrogens with two attached hydrogens (primary N) is 1. The number of carbonyl (C=O) groups is 1. The summed E-state index contributed by atoms with van der Waals surface area (Å²) in [5.41, 5.74) is 5.76. The van der Waals surface area contributed by atoms with Gasteiger partial charge in [-0.15, -0.1) is 5.10 Å². The molecule has 7 heteroatoms. The largest absolute Gasteiger partial charge is 0.378 e. The van der Waals surface area contributed by atoms with Gasteiger partial charge in [0.15, 0.2) is 0 Å². The van der Waals surface area contributed by atoms with Crippen LogP contribution in [0.15, 0.2) is 12.4 Å². The van der Waals surface area contributed by atoms with Gasteiger partial charge in [-0.25, -0.2) is 0 Å². The van der Waals surface area contributed by atoms with Crippen LogP contribution < -0.4 is 5.73 Å². The molecule has 0 amide bonds. The number of ketones is 1. The molecule has 1 heterocycles. The van der Waals surface area contributed by atoms with Crippen molar-refractivity contribution in [1.82, 2.24) is 15.0 Å². The van der Waals surface area contributed by atoms with Crippen molar-refractivity contribution in [3.8, 4) is 11.8 Å². The Bertz CT molecular complexity index is 422. The van der Waals surface area contributed by atoms with Crippen molar-refractivity contribution >= 4 is 5.78 Å². The van der Waals surface area contributed by atoms with Crippen LogP contribution in [0.25, 0.3) is 0 Å². The number of aromatic nitrogens is 3. The molecule has 2 N–H and O–H groups in total. The number of nitrogens with zero attached hydrogens (tertiary/aromatic N) is 3.